The smallest absolute Gasteiger partial charge is 0.119 e. The first-order valence-corrected chi connectivity index (χ1v) is 6.48. The van der Waals surface area contributed by atoms with Crippen LogP contribution >= 0.6 is 0 Å². The van der Waals surface area contributed by atoms with E-state index in [-0.39, 0.29) is 0 Å². The SMILES string of the molecule is CCC(C)C(C)N[C@@H](C)c1cccc(OC)c1. The Bertz CT molecular complexity index is 337. The average molecular weight is 235 g/mol. The van der Waals surface area contributed by atoms with Crippen LogP contribution in [0.1, 0.15) is 45.7 Å². The van der Waals surface area contributed by atoms with Crippen LogP contribution in [0.15, 0.2) is 24.3 Å². The summed E-state index contributed by atoms with van der Waals surface area (Å²) in [6, 6.07) is 9.15. The lowest BCUT2D eigenvalue weighted by atomic mass is 9.99. The van der Waals surface area contributed by atoms with Crippen LogP contribution < -0.4 is 10.1 Å². The molecule has 0 spiro atoms. The summed E-state index contributed by atoms with van der Waals surface area (Å²) in [5.41, 5.74) is 1.28. The van der Waals surface area contributed by atoms with Crippen LogP contribution in [0.5, 0.6) is 5.75 Å². The first kappa shape index (κ1) is 14.0. The van der Waals surface area contributed by atoms with Crippen molar-refractivity contribution in [3.05, 3.63) is 29.8 Å². The van der Waals surface area contributed by atoms with E-state index in [0.29, 0.717) is 18.0 Å². The third kappa shape index (κ3) is 4.04. The molecule has 0 fully saturated rings. The van der Waals surface area contributed by atoms with Crippen molar-refractivity contribution in [2.75, 3.05) is 7.11 Å². The van der Waals surface area contributed by atoms with Gasteiger partial charge in [-0.25, -0.2) is 0 Å². The van der Waals surface area contributed by atoms with E-state index >= 15 is 0 Å². The summed E-state index contributed by atoms with van der Waals surface area (Å²) in [7, 11) is 1.71. The standard InChI is InChI=1S/C15H25NO/c1-6-11(2)12(3)16-13(4)14-8-7-9-15(10-14)17-5/h7-13,16H,6H2,1-5H3/t11?,12?,13-/m0/s1. The van der Waals surface area contributed by atoms with E-state index in [1.807, 2.05) is 12.1 Å². The predicted octanol–water partition coefficient (Wildman–Crippen LogP) is 3.78. The molecule has 0 amide bonds. The highest BCUT2D eigenvalue weighted by molar-refractivity contribution is 5.30. The molecule has 2 unspecified atom stereocenters. The van der Waals surface area contributed by atoms with Gasteiger partial charge in [-0.2, -0.15) is 0 Å². The molecule has 0 heterocycles. The third-order valence-corrected chi connectivity index (χ3v) is 3.60. The highest BCUT2D eigenvalue weighted by Crippen LogP contribution is 2.20. The number of hydrogen-bond acceptors (Lipinski definition) is 2. The van der Waals surface area contributed by atoms with Gasteiger partial charge in [0, 0.05) is 12.1 Å². The Morgan fingerprint density at radius 1 is 1.24 bits per heavy atom. The van der Waals surface area contributed by atoms with Gasteiger partial charge in [0.25, 0.3) is 0 Å². The van der Waals surface area contributed by atoms with E-state index in [9.17, 15) is 0 Å². The van der Waals surface area contributed by atoms with Crippen LogP contribution in [-0.4, -0.2) is 13.2 Å². The highest BCUT2D eigenvalue weighted by Gasteiger charge is 2.14. The molecule has 0 aromatic heterocycles. The molecule has 0 saturated carbocycles. The van der Waals surface area contributed by atoms with Crippen LogP contribution in [0.3, 0.4) is 0 Å². The molecule has 2 heteroatoms. The lowest BCUT2D eigenvalue weighted by Crippen LogP contribution is -2.33. The second kappa shape index (κ2) is 6.65. The average Bonchev–Trinajstić information content (AvgIpc) is 2.37. The summed E-state index contributed by atoms with van der Waals surface area (Å²) in [6.07, 6.45) is 1.21. The molecule has 0 saturated heterocycles. The van der Waals surface area contributed by atoms with Crippen molar-refractivity contribution in [3.8, 4) is 5.75 Å². The molecular weight excluding hydrogens is 210 g/mol. The van der Waals surface area contributed by atoms with Crippen LogP contribution in [0, 0.1) is 5.92 Å². The highest BCUT2D eigenvalue weighted by atomic mass is 16.5. The molecule has 0 aliphatic rings. The van der Waals surface area contributed by atoms with Crippen molar-refractivity contribution in [1.29, 1.82) is 0 Å². The minimum absolute atomic E-state index is 0.356. The third-order valence-electron chi connectivity index (χ3n) is 3.60. The summed E-state index contributed by atoms with van der Waals surface area (Å²) in [5, 5.41) is 3.64. The molecule has 1 aromatic carbocycles. The van der Waals surface area contributed by atoms with Gasteiger partial charge >= 0.3 is 0 Å². The first-order valence-electron chi connectivity index (χ1n) is 6.48. The van der Waals surface area contributed by atoms with Gasteiger partial charge in [-0.1, -0.05) is 32.4 Å². The monoisotopic (exact) mass is 235 g/mol. The lowest BCUT2D eigenvalue weighted by Gasteiger charge is -2.25. The van der Waals surface area contributed by atoms with E-state index in [4.69, 9.17) is 4.74 Å². The summed E-state index contributed by atoms with van der Waals surface area (Å²) < 4.78 is 5.25. The zero-order valence-corrected chi connectivity index (χ0v) is 11.7. The number of hydrogen-bond donors (Lipinski definition) is 1. The maximum Gasteiger partial charge on any atom is 0.119 e. The Morgan fingerprint density at radius 3 is 2.53 bits per heavy atom. The molecule has 1 rings (SSSR count). The minimum Gasteiger partial charge on any atom is -0.497 e. The van der Waals surface area contributed by atoms with Gasteiger partial charge < -0.3 is 10.1 Å². The maximum absolute atomic E-state index is 5.25. The van der Waals surface area contributed by atoms with E-state index in [1.54, 1.807) is 7.11 Å². The van der Waals surface area contributed by atoms with Crippen molar-refractivity contribution < 1.29 is 4.74 Å². The predicted molar refractivity (Wildman–Crippen MR) is 73.5 cm³/mol. The minimum atomic E-state index is 0.356. The molecule has 2 nitrogen and oxygen atoms in total. The van der Waals surface area contributed by atoms with Gasteiger partial charge in [0.15, 0.2) is 0 Å². The quantitative estimate of drug-likeness (QED) is 0.810. The zero-order chi connectivity index (χ0) is 12.8. The zero-order valence-electron chi connectivity index (χ0n) is 11.7. The van der Waals surface area contributed by atoms with Crippen molar-refractivity contribution in [2.45, 2.75) is 46.2 Å². The molecule has 0 aliphatic heterocycles. The first-order chi connectivity index (χ1) is 8.08. The van der Waals surface area contributed by atoms with E-state index in [2.05, 4.69) is 45.1 Å². The maximum atomic E-state index is 5.25. The molecule has 0 aliphatic carbocycles. The van der Waals surface area contributed by atoms with Gasteiger partial charge in [0.1, 0.15) is 5.75 Å². The molecule has 96 valence electrons. The number of ether oxygens (including phenoxy) is 1. The molecule has 0 radical (unpaired) electrons. The fourth-order valence-electron chi connectivity index (χ4n) is 1.92. The number of methoxy groups -OCH3 is 1. The van der Waals surface area contributed by atoms with Crippen LogP contribution in [0.4, 0.5) is 0 Å². The second-order valence-electron chi connectivity index (χ2n) is 4.84. The summed E-state index contributed by atoms with van der Waals surface area (Å²) >= 11 is 0. The van der Waals surface area contributed by atoms with E-state index < -0.39 is 0 Å². The van der Waals surface area contributed by atoms with Crippen LogP contribution in [-0.2, 0) is 0 Å². The molecule has 1 aromatic rings. The van der Waals surface area contributed by atoms with Crippen molar-refractivity contribution in [3.63, 3.8) is 0 Å². The Kier molecular flexibility index (Phi) is 5.49. The van der Waals surface area contributed by atoms with E-state index in [1.165, 1.54) is 12.0 Å². The molecule has 17 heavy (non-hydrogen) atoms. The second-order valence-corrected chi connectivity index (χ2v) is 4.84. The molecule has 0 bridgehead atoms. The summed E-state index contributed by atoms with van der Waals surface area (Å²) in [5.74, 6) is 1.62. The van der Waals surface area contributed by atoms with Crippen LogP contribution in [0.25, 0.3) is 0 Å². The van der Waals surface area contributed by atoms with Gasteiger partial charge in [-0.15, -0.1) is 0 Å². The largest absolute Gasteiger partial charge is 0.497 e. The fraction of sp³-hybridized carbons (Fsp3) is 0.600. The topological polar surface area (TPSA) is 21.3 Å². The van der Waals surface area contributed by atoms with Crippen molar-refractivity contribution in [2.24, 2.45) is 5.92 Å². The summed E-state index contributed by atoms with van der Waals surface area (Å²) in [4.78, 5) is 0. The molecular formula is C15H25NO. The van der Waals surface area contributed by atoms with Crippen molar-refractivity contribution in [1.82, 2.24) is 5.32 Å². The fourth-order valence-corrected chi connectivity index (χ4v) is 1.92. The lowest BCUT2D eigenvalue weighted by molar-refractivity contribution is 0.359. The van der Waals surface area contributed by atoms with E-state index in [0.717, 1.165) is 5.75 Å². The Morgan fingerprint density at radius 2 is 1.94 bits per heavy atom. The van der Waals surface area contributed by atoms with Gasteiger partial charge in [0.05, 0.1) is 7.11 Å². The van der Waals surface area contributed by atoms with Gasteiger partial charge in [-0.05, 0) is 37.5 Å². The van der Waals surface area contributed by atoms with Crippen molar-refractivity contribution >= 4 is 0 Å². The molecule has 3 atom stereocenters. The Labute approximate surface area is 105 Å². The number of benzene rings is 1. The summed E-state index contributed by atoms with van der Waals surface area (Å²) in [6.45, 7) is 8.98. The van der Waals surface area contributed by atoms with Gasteiger partial charge in [-0.3, -0.25) is 0 Å². The van der Waals surface area contributed by atoms with Crippen LogP contribution in [0.2, 0.25) is 0 Å². The normalized spacial score (nSPS) is 16.3. The Hall–Kier alpha value is -1.02. The number of nitrogens with one attached hydrogen (secondary N) is 1. The Balaban J connectivity index is 2.65. The number of rotatable bonds is 6. The molecule has 1 N–H and O–H groups in total. The van der Waals surface area contributed by atoms with Gasteiger partial charge in [0.2, 0.25) is 0 Å².